The molecule has 1 heterocycles. The normalized spacial score (nSPS) is 16.8. The van der Waals surface area contributed by atoms with Gasteiger partial charge in [0.2, 0.25) is 0 Å². The van der Waals surface area contributed by atoms with Gasteiger partial charge in [-0.15, -0.1) is 0 Å². The Morgan fingerprint density at radius 3 is 2.26 bits per heavy atom. The number of fused-ring (bicyclic) bond motifs is 1. The SMILES string of the molecule is CCOC(=O)N1c2cc(OC)c(OC)cc2C(CNC(=O)c2ccc(OC)cc2OC)CC1C. The van der Waals surface area contributed by atoms with E-state index in [0.29, 0.717) is 47.2 Å². The maximum atomic E-state index is 13.0. The number of hydrogen-bond donors (Lipinski definition) is 1. The molecule has 0 saturated heterocycles. The van der Waals surface area contributed by atoms with Gasteiger partial charge in [-0.1, -0.05) is 0 Å². The molecule has 2 aromatic carbocycles. The van der Waals surface area contributed by atoms with Crippen LogP contribution in [-0.2, 0) is 4.74 Å². The molecule has 2 aromatic rings. The van der Waals surface area contributed by atoms with E-state index < -0.39 is 6.09 Å². The van der Waals surface area contributed by atoms with Crippen LogP contribution in [0.25, 0.3) is 0 Å². The summed E-state index contributed by atoms with van der Waals surface area (Å²) in [6.45, 7) is 4.36. The third kappa shape index (κ3) is 4.98. The van der Waals surface area contributed by atoms with Gasteiger partial charge >= 0.3 is 6.09 Å². The van der Waals surface area contributed by atoms with Crippen LogP contribution >= 0.6 is 0 Å². The molecule has 0 aliphatic carbocycles. The summed E-state index contributed by atoms with van der Waals surface area (Å²) in [6.07, 6.45) is 0.204. The molecule has 9 heteroatoms. The molecule has 2 atom stereocenters. The third-order valence-electron chi connectivity index (χ3n) is 5.93. The summed E-state index contributed by atoms with van der Waals surface area (Å²) >= 11 is 0. The van der Waals surface area contributed by atoms with Crippen molar-refractivity contribution in [2.24, 2.45) is 0 Å². The third-order valence-corrected chi connectivity index (χ3v) is 5.93. The number of rotatable bonds is 8. The van der Waals surface area contributed by atoms with Gasteiger partial charge in [0.25, 0.3) is 5.91 Å². The van der Waals surface area contributed by atoms with Crippen molar-refractivity contribution in [1.29, 1.82) is 0 Å². The highest BCUT2D eigenvalue weighted by molar-refractivity contribution is 5.97. The Hall–Kier alpha value is -3.62. The number of amides is 2. The van der Waals surface area contributed by atoms with Gasteiger partial charge in [0.15, 0.2) is 11.5 Å². The first-order valence-electron chi connectivity index (χ1n) is 11.1. The van der Waals surface area contributed by atoms with Gasteiger partial charge in [-0.25, -0.2) is 4.79 Å². The lowest BCUT2D eigenvalue weighted by Crippen LogP contribution is -2.45. The summed E-state index contributed by atoms with van der Waals surface area (Å²) in [7, 11) is 6.17. The molecule has 2 unspecified atom stereocenters. The minimum Gasteiger partial charge on any atom is -0.497 e. The maximum absolute atomic E-state index is 13.0. The molecule has 1 aliphatic heterocycles. The first-order chi connectivity index (χ1) is 16.4. The topological polar surface area (TPSA) is 95.6 Å². The summed E-state index contributed by atoms with van der Waals surface area (Å²) in [5.74, 6) is 1.76. The molecule has 0 spiro atoms. The van der Waals surface area contributed by atoms with Crippen LogP contribution in [0.5, 0.6) is 23.0 Å². The van der Waals surface area contributed by atoms with Crippen molar-refractivity contribution >= 4 is 17.7 Å². The molecular weight excluding hydrogens is 440 g/mol. The average molecular weight is 473 g/mol. The van der Waals surface area contributed by atoms with Crippen molar-refractivity contribution in [1.82, 2.24) is 5.32 Å². The fraction of sp³-hybridized carbons (Fsp3) is 0.440. The quantitative estimate of drug-likeness (QED) is 0.621. The van der Waals surface area contributed by atoms with Crippen molar-refractivity contribution in [3.05, 3.63) is 41.5 Å². The van der Waals surface area contributed by atoms with Crippen LogP contribution < -0.4 is 29.2 Å². The number of carbonyl (C=O) groups excluding carboxylic acids is 2. The first kappa shape index (κ1) is 25.0. The number of nitrogens with one attached hydrogen (secondary N) is 1. The molecule has 1 N–H and O–H groups in total. The van der Waals surface area contributed by atoms with E-state index in [1.54, 1.807) is 57.4 Å². The van der Waals surface area contributed by atoms with Gasteiger partial charge in [-0.3, -0.25) is 9.69 Å². The van der Waals surface area contributed by atoms with Gasteiger partial charge in [-0.2, -0.15) is 0 Å². The van der Waals surface area contributed by atoms with Crippen molar-refractivity contribution in [2.75, 3.05) is 46.5 Å². The predicted octanol–water partition coefficient (Wildman–Crippen LogP) is 3.99. The average Bonchev–Trinajstić information content (AvgIpc) is 2.85. The molecular formula is C25H32N2O7. The van der Waals surface area contributed by atoms with Crippen LogP contribution in [0.1, 0.15) is 42.1 Å². The van der Waals surface area contributed by atoms with Gasteiger partial charge in [0.05, 0.1) is 46.3 Å². The Labute approximate surface area is 199 Å². The van der Waals surface area contributed by atoms with E-state index in [2.05, 4.69) is 5.32 Å². The zero-order chi connectivity index (χ0) is 24.8. The second-order valence-electron chi connectivity index (χ2n) is 7.89. The maximum Gasteiger partial charge on any atom is 0.414 e. The molecule has 2 amide bonds. The summed E-state index contributed by atoms with van der Waals surface area (Å²) in [6, 6.07) is 8.53. The Kier molecular flexibility index (Phi) is 8.09. The minimum atomic E-state index is -0.422. The van der Waals surface area contributed by atoms with E-state index in [4.69, 9.17) is 23.7 Å². The summed E-state index contributed by atoms with van der Waals surface area (Å²) in [5, 5.41) is 3.01. The lowest BCUT2D eigenvalue weighted by molar-refractivity contribution is 0.0946. The van der Waals surface area contributed by atoms with E-state index in [1.807, 2.05) is 13.0 Å². The van der Waals surface area contributed by atoms with E-state index >= 15 is 0 Å². The predicted molar refractivity (Wildman–Crippen MR) is 128 cm³/mol. The highest BCUT2D eigenvalue weighted by Gasteiger charge is 2.36. The number of benzene rings is 2. The van der Waals surface area contributed by atoms with Gasteiger partial charge in [0, 0.05) is 30.6 Å². The van der Waals surface area contributed by atoms with Crippen LogP contribution in [0.4, 0.5) is 10.5 Å². The molecule has 3 rings (SSSR count). The van der Waals surface area contributed by atoms with Crippen molar-refractivity contribution in [2.45, 2.75) is 32.2 Å². The molecule has 9 nitrogen and oxygen atoms in total. The lowest BCUT2D eigenvalue weighted by atomic mass is 9.85. The Morgan fingerprint density at radius 1 is 0.971 bits per heavy atom. The van der Waals surface area contributed by atoms with Crippen molar-refractivity contribution in [3.8, 4) is 23.0 Å². The monoisotopic (exact) mass is 472 g/mol. The molecule has 0 bridgehead atoms. The molecule has 0 fully saturated rings. The van der Waals surface area contributed by atoms with Crippen LogP contribution in [0.15, 0.2) is 30.3 Å². The number of nitrogens with zero attached hydrogens (tertiary/aromatic N) is 1. The second-order valence-corrected chi connectivity index (χ2v) is 7.89. The zero-order valence-electron chi connectivity index (χ0n) is 20.5. The van der Waals surface area contributed by atoms with Crippen LogP contribution in [0, 0.1) is 0 Å². The standard InChI is InChI=1S/C25H32N2O7/c1-7-34-25(29)27-15(2)10-16(19-12-22(32-5)23(33-6)13-20(19)27)14-26-24(28)18-9-8-17(30-3)11-21(18)31-4/h8-9,11-13,15-16H,7,10,14H2,1-6H3,(H,26,28). The largest absolute Gasteiger partial charge is 0.497 e. The lowest BCUT2D eigenvalue weighted by Gasteiger charge is -2.39. The van der Waals surface area contributed by atoms with Gasteiger partial charge in [-0.05, 0) is 44.0 Å². The number of anilines is 1. The van der Waals surface area contributed by atoms with E-state index in [9.17, 15) is 9.59 Å². The number of ether oxygens (including phenoxy) is 5. The molecule has 34 heavy (non-hydrogen) atoms. The van der Waals surface area contributed by atoms with Crippen molar-refractivity contribution < 1.29 is 33.3 Å². The summed E-state index contributed by atoms with van der Waals surface area (Å²) < 4.78 is 26.8. The fourth-order valence-corrected chi connectivity index (χ4v) is 4.26. The van der Waals surface area contributed by atoms with Crippen LogP contribution in [0.2, 0.25) is 0 Å². The van der Waals surface area contributed by atoms with Gasteiger partial charge < -0.3 is 29.0 Å². The van der Waals surface area contributed by atoms with Crippen LogP contribution in [0.3, 0.4) is 0 Å². The smallest absolute Gasteiger partial charge is 0.414 e. The Balaban J connectivity index is 1.91. The Bertz CT molecular complexity index is 1040. The molecule has 1 aliphatic rings. The molecule has 0 saturated carbocycles. The van der Waals surface area contributed by atoms with Crippen LogP contribution in [-0.4, -0.2) is 59.6 Å². The highest BCUT2D eigenvalue weighted by Crippen LogP contribution is 2.44. The van der Waals surface area contributed by atoms with E-state index in [0.717, 1.165) is 5.56 Å². The first-order valence-corrected chi connectivity index (χ1v) is 11.1. The summed E-state index contributed by atoms with van der Waals surface area (Å²) in [4.78, 5) is 27.4. The number of hydrogen-bond acceptors (Lipinski definition) is 7. The zero-order valence-corrected chi connectivity index (χ0v) is 20.5. The fourth-order valence-electron chi connectivity index (χ4n) is 4.26. The minimum absolute atomic E-state index is 0.0660. The second kappa shape index (κ2) is 11.0. The summed E-state index contributed by atoms with van der Waals surface area (Å²) in [5.41, 5.74) is 1.95. The van der Waals surface area contributed by atoms with Gasteiger partial charge in [0.1, 0.15) is 11.5 Å². The van der Waals surface area contributed by atoms with E-state index in [-0.39, 0.29) is 24.5 Å². The molecule has 0 aromatic heterocycles. The van der Waals surface area contributed by atoms with E-state index in [1.165, 1.54) is 7.11 Å². The number of carbonyl (C=O) groups is 2. The number of methoxy groups -OCH3 is 4. The highest BCUT2D eigenvalue weighted by atomic mass is 16.6. The molecule has 0 radical (unpaired) electrons. The Morgan fingerprint density at radius 2 is 1.65 bits per heavy atom. The molecule has 184 valence electrons. The van der Waals surface area contributed by atoms with Crippen molar-refractivity contribution in [3.63, 3.8) is 0 Å².